The molecule has 1 aromatic carbocycles. The van der Waals surface area contributed by atoms with E-state index in [0.717, 1.165) is 32.3 Å². The SMILES string of the molecule is COc1ccc(Nc2nc(C)nc(C)c2I)cc1. The maximum atomic E-state index is 5.13. The van der Waals surface area contributed by atoms with Crippen LogP contribution in [0.5, 0.6) is 5.75 Å². The van der Waals surface area contributed by atoms with Gasteiger partial charge in [0.05, 0.1) is 16.4 Å². The quantitative estimate of drug-likeness (QED) is 0.857. The Balaban J connectivity index is 2.27. The van der Waals surface area contributed by atoms with Gasteiger partial charge in [0.25, 0.3) is 0 Å². The lowest BCUT2D eigenvalue weighted by molar-refractivity contribution is 0.415. The monoisotopic (exact) mass is 355 g/mol. The Labute approximate surface area is 120 Å². The number of aryl methyl sites for hydroxylation is 2. The van der Waals surface area contributed by atoms with E-state index in [0.29, 0.717) is 0 Å². The van der Waals surface area contributed by atoms with Crippen LogP contribution in [0.3, 0.4) is 0 Å². The predicted octanol–water partition coefficient (Wildman–Crippen LogP) is 3.45. The van der Waals surface area contributed by atoms with E-state index in [1.165, 1.54) is 0 Å². The molecular weight excluding hydrogens is 341 g/mol. The zero-order chi connectivity index (χ0) is 13.1. The number of hydrogen-bond acceptors (Lipinski definition) is 4. The number of rotatable bonds is 3. The van der Waals surface area contributed by atoms with Gasteiger partial charge < -0.3 is 10.1 Å². The van der Waals surface area contributed by atoms with Crippen LogP contribution in [0.1, 0.15) is 11.5 Å². The summed E-state index contributed by atoms with van der Waals surface area (Å²) >= 11 is 2.25. The zero-order valence-corrected chi connectivity index (χ0v) is 12.6. The molecule has 0 atom stereocenters. The minimum Gasteiger partial charge on any atom is -0.497 e. The molecule has 2 rings (SSSR count). The van der Waals surface area contributed by atoms with Crippen LogP contribution in [0.4, 0.5) is 11.5 Å². The van der Waals surface area contributed by atoms with E-state index in [1.54, 1.807) is 7.11 Å². The summed E-state index contributed by atoms with van der Waals surface area (Å²) in [6, 6.07) is 7.75. The highest BCUT2D eigenvalue weighted by Crippen LogP contribution is 2.23. The molecule has 94 valence electrons. The second-order valence-corrected chi connectivity index (χ2v) is 4.95. The number of halogens is 1. The molecule has 1 aromatic heterocycles. The summed E-state index contributed by atoms with van der Waals surface area (Å²) in [5, 5.41) is 3.29. The van der Waals surface area contributed by atoms with E-state index in [1.807, 2.05) is 38.1 Å². The molecule has 0 aliphatic carbocycles. The molecule has 0 amide bonds. The lowest BCUT2D eigenvalue weighted by atomic mass is 10.3. The smallest absolute Gasteiger partial charge is 0.147 e. The van der Waals surface area contributed by atoms with Gasteiger partial charge in [-0.25, -0.2) is 9.97 Å². The molecular formula is C13H14IN3O. The van der Waals surface area contributed by atoms with Crippen LogP contribution in [-0.4, -0.2) is 17.1 Å². The first-order chi connectivity index (χ1) is 8.60. The van der Waals surface area contributed by atoms with Gasteiger partial charge in [-0.1, -0.05) is 0 Å². The summed E-state index contributed by atoms with van der Waals surface area (Å²) in [6.07, 6.45) is 0. The number of nitrogens with one attached hydrogen (secondary N) is 1. The van der Waals surface area contributed by atoms with Crippen molar-refractivity contribution in [2.24, 2.45) is 0 Å². The number of benzene rings is 1. The van der Waals surface area contributed by atoms with Gasteiger partial charge in [0.2, 0.25) is 0 Å². The Bertz CT molecular complexity index is 555. The van der Waals surface area contributed by atoms with Crippen molar-refractivity contribution >= 4 is 34.1 Å². The van der Waals surface area contributed by atoms with E-state index in [-0.39, 0.29) is 0 Å². The molecule has 0 fully saturated rings. The maximum Gasteiger partial charge on any atom is 0.147 e. The topological polar surface area (TPSA) is 47.0 Å². The van der Waals surface area contributed by atoms with E-state index in [2.05, 4.69) is 37.9 Å². The van der Waals surface area contributed by atoms with Crippen LogP contribution < -0.4 is 10.1 Å². The molecule has 0 radical (unpaired) electrons. The van der Waals surface area contributed by atoms with Crippen molar-refractivity contribution in [2.45, 2.75) is 13.8 Å². The molecule has 0 unspecified atom stereocenters. The molecule has 0 saturated carbocycles. The Morgan fingerprint density at radius 3 is 2.39 bits per heavy atom. The maximum absolute atomic E-state index is 5.13. The summed E-state index contributed by atoms with van der Waals surface area (Å²) in [5.41, 5.74) is 1.96. The molecule has 0 aliphatic heterocycles. The highest BCUT2D eigenvalue weighted by Gasteiger charge is 2.07. The van der Waals surface area contributed by atoms with Crippen LogP contribution in [0.25, 0.3) is 0 Å². The van der Waals surface area contributed by atoms with Gasteiger partial charge in [0.1, 0.15) is 17.4 Å². The summed E-state index contributed by atoms with van der Waals surface area (Å²) < 4.78 is 6.16. The lowest BCUT2D eigenvalue weighted by Gasteiger charge is -2.10. The van der Waals surface area contributed by atoms with E-state index >= 15 is 0 Å². The first-order valence-corrected chi connectivity index (χ1v) is 6.60. The molecule has 0 saturated heterocycles. The third kappa shape index (κ3) is 2.90. The van der Waals surface area contributed by atoms with Crippen LogP contribution in [0.2, 0.25) is 0 Å². The molecule has 1 heterocycles. The Hall–Kier alpha value is -1.37. The van der Waals surface area contributed by atoms with Gasteiger partial charge in [-0.2, -0.15) is 0 Å². The van der Waals surface area contributed by atoms with E-state index in [9.17, 15) is 0 Å². The molecule has 1 N–H and O–H groups in total. The zero-order valence-electron chi connectivity index (χ0n) is 10.5. The summed E-state index contributed by atoms with van der Waals surface area (Å²) in [7, 11) is 1.66. The van der Waals surface area contributed by atoms with Crippen molar-refractivity contribution in [3.8, 4) is 5.75 Å². The number of anilines is 2. The Morgan fingerprint density at radius 2 is 1.78 bits per heavy atom. The van der Waals surface area contributed by atoms with Crippen LogP contribution in [0, 0.1) is 17.4 Å². The van der Waals surface area contributed by atoms with Crippen molar-refractivity contribution < 1.29 is 4.74 Å². The van der Waals surface area contributed by atoms with Crippen LogP contribution in [-0.2, 0) is 0 Å². The molecule has 0 spiro atoms. The second-order valence-electron chi connectivity index (χ2n) is 3.87. The van der Waals surface area contributed by atoms with Gasteiger partial charge in [0.15, 0.2) is 0 Å². The van der Waals surface area contributed by atoms with Crippen molar-refractivity contribution in [3.63, 3.8) is 0 Å². The van der Waals surface area contributed by atoms with Crippen molar-refractivity contribution in [1.29, 1.82) is 0 Å². The van der Waals surface area contributed by atoms with Crippen molar-refractivity contribution in [3.05, 3.63) is 39.4 Å². The summed E-state index contributed by atoms with van der Waals surface area (Å²) in [6.45, 7) is 3.87. The third-order valence-electron chi connectivity index (χ3n) is 2.48. The van der Waals surface area contributed by atoms with Gasteiger partial charge in [0, 0.05) is 5.69 Å². The summed E-state index contributed by atoms with van der Waals surface area (Å²) in [5.74, 6) is 2.44. The number of methoxy groups -OCH3 is 1. The van der Waals surface area contributed by atoms with Gasteiger partial charge in [-0.3, -0.25) is 0 Å². The van der Waals surface area contributed by atoms with Crippen LogP contribution in [0.15, 0.2) is 24.3 Å². The highest BCUT2D eigenvalue weighted by molar-refractivity contribution is 14.1. The van der Waals surface area contributed by atoms with E-state index in [4.69, 9.17) is 4.74 Å². The minimum atomic E-state index is 0.768. The van der Waals surface area contributed by atoms with Gasteiger partial charge in [-0.15, -0.1) is 0 Å². The molecule has 5 heteroatoms. The van der Waals surface area contributed by atoms with Gasteiger partial charge >= 0.3 is 0 Å². The van der Waals surface area contributed by atoms with Crippen molar-refractivity contribution in [1.82, 2.24) is 9.97 Å². The molecule has 0 bridgehead atoms. The molecule has 0 aliphatic rings. The van der Waals surface area contributed by atoms with Gasteiger partial charge in [-0.05, 0) is 60.7 Å². The normalized spacial score (nSPS) is 10.2. The first kappa shape index (κ1) is 13.1. The summed E-state index contributed by atoms with van der Waals surface area (Å²) in [4.78, 5) is 8.73. The fraction of sp³-hybridized carbons (Fsp3) is 0.231. The Morgan fingerprint density at radius 1 is 1.11 bits per heavy atom. The number of aromatic nitrogens is 2. The molecule has 4 nitrogen and oxygen atoms in total. The predicted molar refractivity (Wildman–Crippen MR) is 80.5 cm³/mol. The highest BCUT2D eigenvalue weighted by atomic mass is 127. The van der Waals surface area contributed by atoms with Crippen LogP contribution >= 0.6 is 22.6 Å². The lowest BCUT2D eigenvalue weighted by Crippen LogP contribution is -2.02. The number of hydrogen-bond donors (Lipinski definition) is 1. The third-order valence-corrected chi connectivity index (χ3v) is 3.77. The number of nitrogens with zero attached hydrogens (tertiary/aromatic N) is 2. The largest absolute Gasteiger partial charge is 0.497 e. The number of ether oxygens (including phenoxy) is 1. The minimum absolute atomic E-state index is 0.768. The first-order valence-electron chi connectivity index (χ1n) is 5.52. The average molecular weight is 355 g/mol. The standard InChI is InChI=1S/C13H14IN3O/c1-8-12(14)13(16-9(2)15-8)17-10-4-6-11(18-3)7-5-10/h4-7H,1-3H3,(H,15,16,17). The molecule has 2 aromatic rings. The fourth-order valence-corrected chi connectivity index (χ4v) is 1.97. The Kier molecular flexibility index (Phi) is 4.00. The van der Waals surface area contributed by atoms with Crippen molar-refractivity contribution in [2.75, 3.05) is 12.4 Å². The van der Waals surface area contributed by atoms with E-state index < -0.39 is 0 Å². The molecule has 18 heavy (non-hydrogen) atoms. The second kappa shape index (κ2) is 5.51. The fourth-order valence-electron chi connectivity index (χ4n) is 1.59. The average Bonchev–Trinajstić information content (AvgIpc) is 2.36.